The first-order chi connectivity index (χ1) is 14.6. The van der Waals surface area contributed by atoms with Crippen molar-refractivity contribution in [2.24, 2.45) is 5.92 Å². The number of pyridine rings is 1. The van der Waals surface area contributed by atoms with Crippen molar-refractivity contribution in [1.82, 2.24) is 24.0 Å². The highest BCUT2D eigenvalue weighted by atomic mass is 32.1. The molecule has 2 saturated heterocycles. The number of carbonyl (C=O) groups excluding carboxylic acids is 2. The molecule has 10 heteroatoms. The zero-order valence-corrected chi connectivity index (χ0v) is 17.4. The maximum absolute atomic E-state index is 13.0. The summed E-state index contributed by atoms with van der Waals surface area (Å²) in [5.74, 6) is 0.227. The molecule has 0 saturated carbocycles. The van der Waals surface area contributed by atoms with Gasteiger partial charge in [0.2, 0.25) is 0 Å². The first kappa shape index (κ1) is 19.2. The molecular weight excluding hydrogens is 404 g/mol. The largest absolute Gasteiger partial charge is 0.337 e. The fourth-order valence-corrected chi connectivity index (χ4v) is 5.45. The van der Waals surface area contributed by atoms with Crippen LogP contribution >= 0.6 is 11.5 Å². The van der Waals surface area contributed by atoms with E-state index < -0.39 is 0 Å². The van der Waals surface area contributed by atoms with Crippen molar-refractivity contribution in [2.75, 3.05) is 31.5 Å². The zero-order chi connectivity index (χ0) is 20.7. The number of urea groups is 1. The molecule has 30 heavy (non-hydrogen) atoms. The molecule has 0 aliphatic carbocycles. The molecule has 158 valence electrons. The predicted molar refractivity (Wildman–Crippen MR) is 112 cm³/mol. The van der Waals surface area contributed by atoms with Gasteiger partial charge in [0.15, 0.2) is 10.7 Å². The van der Waals surface area contributed by atoms with Crippen molar-refractivity contribution in [3.05, 3.63) is 39.9 Å². The summed E-state index contributed by atoms with van der Waals surface area (Å²) in [5.41, 5.74) is 1.25. The fourth-order valence-electron chi connectivity index (χ4n) is 4.90. The summed E-state index contributed by atoms with van der Waals surface area (Å²) < 4.78 is 5.75. The second-order valence-electron chi connectivity index (χ2n) is 8.34. The Kier molecular flexibility index (Phi) is 5.01. The smallest absolute Gasteiger partial charge is 0.322 e. The summed E-state index contributed by atoms with van der Waals surface area (Å²) >= 11 is 1.03. The predicted octanol–water partition coefficient (Wildman–Crippen LogP) is 1.98. The number of fused-ring (bicyclic) bond motifs is 4. The zero-order valence-electron chi connectivity index (χ0n) is 16.6. The molecule has 0 aromatic carbocycles. The number of aromatic nitrogens is 3. The van der Waals surface area contributed by atoms with Crippen LogP contribution in [0.1, 0.15) is 47.8 Å². The highest BCUT2D eigenvalue weighted by Gasteiger charge is 2.37. The van der Waals surface area contributed by atoms with E-state index in [-0.39, 0.29) is 35.0 Å². The molecule has 0 spiro atoms. The Morgan fingerprint density at radius 3 is 2.73 bits per heavy atom. The van der Waals surface area contributed by atoms with Crippen LogP contribution < -0.4 is 10.9 Å². The second-order valence-corrected chi connectivity index (χ2v) is 9.09. The van der Waals surface area contributed by atoms with E-state index >= 15 is 0 Å². The number of piperidine rings is 2. The molecule has 2 bridgehead atoms. The van der Waals surface area contributed by atoms with Crippen LogP contribution in [-0.4, -0.2) is 62.1 Å². The number of anilines is 1. The summed E-state index contributed by atoms with van der Waals surface area (Å²) in [6, 6.07) is 5.11. The summed E-state index contributed by atoms with van der Waals surface area (Å²) in [6.45, 7) is 3.21. The van der Waals surface area contributed by atoms with Gasteiger partial charge in [-0.3, -0.25) is 14.9 Å². The van der Waals surface area contributed by atoms with E-state index in [1.54, 1.807) is 21.9 Å². The fraction of sp³-hybridized carbons (Fsp3) is 0.550. The van der Waals surface area contributed by atoms with Crippen LogP contribution in [0.3, 0.4) is 0 Å². The average molecular weight is 429 g/mol. The molecule has 3 aliphatic heterocycles. The van der Waals surface area contributed by atoms with Gasteiger partial charge in [-0.15, -0.1) is 5.10 Å². The molecule has 2 atom stereocenters. The van der Waals surface area contributed by atoms with Crippen LogP contribution in [0.25, 0.3) is 0 Å². The number of nitrogens with one attached hydrogen (secondary N) is 1. The van der Waals surface area contributed by atoms with Gasteiger partial charge in [-0.1, -0.05) is 10.6 Å². The SMILES string of the molecule is O=C(Nc1snnc1C(=O)N1CCCCC1)N1C[C@H]2C[C@H](C1)c1cccc(=O)n1C2. The van der Waals surface area contributed by atoms with Crippen molar-refractivity contribution in [2.45, 2.75) is 38.1 Å². The van der Waals surface area contributed by atoms with Gasteiger partial charge in [0.1, 0.15) is 0 Å². The first-order valence-corrected chi connectivity index (χ1v) is 11.2. The number of likely N-dealkylation sites (tertiary alicyclic amines) is 2. The summed E-state index contributed by atoms with van der Waals surface area (Å²) in [6.07, 6.45) is 4.10. The van der Waals surface area contributed by atoms with Gasteiger partial charge >= 0.3 is 6.03 Å². The normalized spacial score (nSPS) is 23.1. The van der Waals surface area contributed by atoms with Gasteiger partial charge in [0.25, 0.3) is 11.5 Å². The molecular formula is C20H24N6O3S. The maximum Gasteiger partial charge on any atom is 0.322 e. The minimum atomic E-state index is -0.241. The highest BCUT2D eigenvalue weighted by Crippen LogP contribution is 2.35. The van der Waals surface area contributed by atoms with Crippen molar-refractivity contribution in [3.8, 4) is 0 Å². The second kappa shape index (κ2) is 7.82. The van der Waals surface area contributed by atoms with E-state index in [2.05, 4.69) is 14.9 Å². The Morgan fingerprint density at radius 1 is 1.07 bits per heavy atom. The van der Waals surface area contributed by atoms with Crippen LogP contribution in [0.15, 0.2) is 23.0 Å². The van der Waals surface area contributed by atoms with Crippen molar-refractivity contribution in [3.63, 3.8) is 0 Å². The van der Waals surface area contributed by atoms with E-state index in [9.17, 15) is 14.4 Å². The van der Waals surface area contributed by atoms with Gasteiger partial charge in [0, 0.05) is 61.9 Å². The van der Waals surface area contributed by atoms with Gasteiger partial charge in [0.05, 0.1) is 0 Å². The number of nitrogens with zero attached hydrogens (tertiary/aromatic N) is 5. The lowest BCUT2D eigenvalue weighted by atomic mass is 9.83. The van der Waals surface area contributed by atoms with Crippen LogP contribution in [0.2, 0.25) is 0 Å². The summed E-state index contributed by atoms with van der Waals surface area (Å²) in [4.78, 5) is 41.5. The van der Waals surface area contributed by atoms with Crippen LogP contribution in [0, 0.1) is 5.92 Å². The molecule has 0 radical (unpaired) electrons. The van der Waals surface area contributed by atoms with E-state index in [0.29, 0.717) is 24.6 Å². The van der Waals surface area contributed by atoms with E-state index in [1.807, 2.05) is 10.6 Å². The quantitative estimate of drug-likeness (QED) is 0.788. The third-order valence-corrected chi connectivity index (χ3v) is 6.96. The highest BCUT2D eigenvalue weighted by molar-refractivity contribution is 7.10. The van der Waals surface area contributed by atoms with Gasteiger partial charge in [-0.2, -0.15) is 0 Å². The molecule has 5 rings (SSSR count). The first-order valence-electron chi connectivity index (χ1n) is 10.5. The molecule has 9 nitrogen and oxygen atoms in total. The Bertz CT molecular complexity index is 1030. The summed E-state index contributed by atoms with van der Waals surface area (Å²) in [5, 5.41) is 7.27. The molecule has 1 N–H and O–H groups in total. The summed E-state index contributed by atoms with van der Waals surface area (Å²) in [7, 11) is 0. The maximum atomic E-state index is 13.0. The molecule has 3 amide bonds. The number of hydrogen-bond donors (Lipinski definition) is 1. The van der Waals surface area contributed by atoms with Crippen LogP contribution in [-0.2, 0) is 6.54 Å². The molecule has 5 heterocycles. The van der Waals surface area contributed by atoms with Crippen LogP contribution in [0.5, 0.6) is 0 Å². The number of amides is 3. The minimum absolute atomic E-state index is 0.0247. The third-order valence-electron chi connectivity index (χ3n) is 6.32. The van der Waals surface area contributed by atoms with Crippen molar-refractivity contribution < 1.29 is 9.59 Å². The lowest BCUT2D eigenvalue weighted by Crippen LogP contribution is -2.50. The van der Waals surface area contributed by atoms with Crippen LogP contribution in [0.4, 0.5) is 9.80 Å². The van der Waals surface area contributed by atoms with E-state index in [4.69, 9.17) is 0 Å². The monoisotopic (exact) mass is 428 g/mol. The molecule has 2 aromatic heterocycles. The van der Waals surface area contributed by atoms with E-state index in [0.717, 1.165) is 56.0 Å². The lowest BCUT2D eigenvalue weighted by Gasteiger charge is -2.42. The number of rotatable bonds is 2. The standard InChI is InChI=1S/C20H24N6O3S/c27-16-6-4-5-15-14-9-13(11-26(15)16)10-25(12-14)20(29)21-18-17(22-23-30-18)19(28)24-7-2-1-3-8-24/h4-6,13-14H,1-3,7-12H2,(H,21,29)/t13-,14-/m1/s1. The Hall–Kier alpha value is -2.75. The molecule has 3 aliphatic rings. The molecule has 2 aromatic rings. The lowest BCUT2D eigenvalue weighted by molar-refractivity contribution is 0.0719. The molecule has 0 unspecified atom stereocenters. The average Bonchev–Trinajstić information content (AvgIpc) is 3.22. The Morgan fingerprint density at radius 2 is 1.90 bits per heavy atom. The number of carbonyl (C=O) groups is 2. The minimum Gasteiger partial charge on any atom is -0.337 e. The van der Waals surface area contributed by atoms with Gasteiger partial charge in [-0.05, 0) is 37.7 Å². The van der Waals surface area contributed by atoms with Crippen molar-refractivity contribution >= 4 is 28.5 Å². The Balaban J connectivity index is 1.30. The Labute approximate surface area is 177 Å². The van der Waals surface area contributed by atoms with E-state index in [1.165, 1.54) is 0 Å². The molecule has 2 fully saturated rings. The van der Waals surface area contributed by atoms with Gasteiger partial charge < -0.3 is 14.4 Å². The van der Waals surface area contributed by atoms with Gasteiger partial charge in [-0.25, -0.2) is 4.79 Å². The van der Waals surface area contributed by atoms with Crippen molar-refractivity contribution in [1.29, 1.82) is 0 Å². The topological polar surface area (TPSA) is 100 Å². The number of hydrogen-bond acceptors (Lipinski definition) is 6. The third kappa shape index (κ3) is 3.49.